The van der Waals surface area contributed by atoms with E-state index in [0.717, 1.165) is 0 Å². The Bertz CT molecular complexity index is 1130. The van der Waals surface area contributed by atoms with Gasteiger partial charge in [-0.3, -0.25) is 9.52 Å². The lowest BCUT2D eigenvalue weighted by Gasteiger charge is -2.19. The molecular weight excluding hydrogens is 436 g/mol. The minimum absolute atomic E-state index is 0.0236. The fourth-order valence-corrected chi connectivity index (χ4v) is 4.07. The summed E-state index contributed by atoms with van der Waals surface area (Å²) < 4.78 is 44.0. The summed E-state index contributed by atoms with van der Waals surface area (Å²) in [6.07, 6.45) is 2.46. The number of esters is 1. The number of ether oxygens (including phenoxy) is 3. The lowest BCUT2D eigenvalue weighted by Crippen LogP contribution is -2.22. The Labute approximate surface area is 186 Å². The number of benzene rings is 2. The molecule has 0 fully saturated rings. The van der Waals surface area contributed by atoms with Crippen molar-refractivity contribution in [2.75, 3.05) is 25.0 Å². The molecule has 9 nitrogen and oxygen atoms in total. The van der Waals surface area contributed by atoms with Gasteiger partial charge in [-0.25, -0.2) is 13.2 Å². The first-order valence-corrected chi connectivity index (χ1v) is 11.3. The molecule has 0 saturated carbocycles. The minimum atomic E-state index is -3.99. The number of hydrogen-bond donors (Lipinski definition) is 2. The number of sulfonamides is 1. The van der Waals surface area contributed by atoms with Crippen LogP contribution in [0.5, 0.6) is 11.5 Å². The third kappa shape index (κ3) is 5.79. The Morgan fingerprint density at radius 2 is 1.88 bits per heavy atom. The van der Waals surface area contributed by atoms with Crippen LogP contribution in [0.4, 0.5) is 5.69 Å². The van der Waals surface area contributed by atoms with Gasteiger partial charge in [-0.1, -0.05) is 6.08 Å². The van der Waals surface area contributed by atoms with E-state index in [4.69, 9.17) is 14.2 Å². The van der Waals surface area contributed by atoms with Crippen molar-refractivity contribution >= 4 is 27.6 Å². The van der Waals surface area contributed by atoms with Gasteiger partial charge in [0.05, 0.1) is 23.3 Å². The van der Waals surface area contributed by atoms with Crippen LogP contribution in [0.1, 0.15) is 28.8 Å². The van der Waals surface area contributed by atoms with Gasteiger partial charge in [0.25, 0.3) is 10.0 Å². The van der Waals surface area contributed by atoms with Gasteiger partial charge in [-0.2, -0.15) is 0 Å². The molecule has 0 aromatic heterocycles. The molecule has 0 spiro atoms. The number of anilines is 1. The highest BCUT2D eigenvalue weighted by Crippen LogP contribution is 2.33. The molecule has 0 saturated heterocycles. The first-order valence-electron chi connectivity index (χ1n) is 9.85. The van der Waals surface area contributed by atoms with Crippen LogP contribution < -0.4 is 19.5 Å². The van der Waals surface area contributed by atoms with Crippen LogP contribution in [0.2, 0.25) is 0 Å². The molecule has 0 aliphatic carbocycles. The van der Waals surface area contributed by atoms with E-state index in [1.807, 2.05) is 0 Å². The zero-order valence-corrected chi connectivity index (χ0v) is 18.4. The van der Waals surface area contributed by atoms with Crippen LogP contribution in [0.15, 0.2) is 53.9 Å². The number of carbonyl (C=O) groups is 2. The largest absolute Gasteiger partial charge is 0.486 e. The summed E-state index contributed by atoms with van der Waals surface area (Å²) in [5, 5.41) is 2.73. The van der Waals surface area contributed by atoms with Crippen molar-refractivity contribution in [3.63, 3.8) is 0 Å². The van der Waals surface area contributed by atoms with Crippen molar-refractivity contribution in [2.45, 2.75) is 24.3 Å². The van der Waals surface area contributed by atoms with E-state index >= 15 is 0 Å². The van der Waals surface area contributed by atoms with Crippen molar-refractivity contribution in [1.29, 1.82) is 0 Å². The number of fused-ring (bicyclic) bond motifs is 1. The smallest absolute Gasteiger partial charge is 0.337 e. The molecule has 2 N–H and O–H groups in total. The lowest BCUT2D eigenvalue weighted by molar-refractivity contribution is -0.121. The van der Waals surface area contributed by atoms with Gasteiger partial charge < -0.3 is 19.5 Å². The molecule has 1 amide bonds. The van der Waals surface area contributed by atoms with Gasteiger partial charge >= 0.3 is 5.97 Å². The summed E-state index contributed by atoms with van der Waals surface area (Å²) in [4.78, 5) is 23.9. The third-order valence-electron chi connectivity index (χ3n) is 4.56. The zero-order valence-electron chi connectivity index (χ0n) is 17.6. The Morgan fingerprint density at radius 3 is 2.59 bits per heavy atom. The highest BCUT2D eigenvalue weighted by molar-refractivity contribution is 7.92. The highest BCUT2D eigenvalue weighted by Gasteiger charge is 2.20. The average molecular weight is 461 g/mol. The molecule has 0 unspecified atom stereocenters. The average Bonchev–Trinajstić information content (AvgIpc) is 2.80. The molecule has 1 aliphatic heterocycles. The Kier molecular flexibility index (Phi) is 7.37. The highest BCUT2D eigenvalue weighted by atomic mass is 32.2. The first-order chi connectivity index (χ1) is 15.3. The van der Waals surface area contributed by atoms with Gasteiger partial charge in [0, 0.05) is 19.0 Å². The summed E-state index contributed by atoms with van der Waals surface area (Å²) in [5.41, 5.74) is 0.822. The summed E-state index contributed by atoms with van der Waals surface area (Å²) in [5.74, 6) is -0.0147. The number of methoxy groups -OCH3 is 1. The Balaban J connectivity index is 1.84. The number of carbonyl (C=O) groups excluding carboxylic acids is 2. The van der Waals surface area contributed by atoms with Crippen molar-refractivity contribution < 1.29 is 32.2 Å². The second-order valence-electron chi connectivity index (χ2n) is 6.93. The fourth-order valence-electron chi connectivity index (χ4n) is 3.02. The number of allylic oxidation sites excluding steroid dienone is 1. The molecule has 1 aliphatic rings. The molecule has 170 valence electrons. The number of hydrogen-bond acceptors (Lipinski definition) is 7. The number of amides is 1. The Morgan fingerprint density at radius 1 is 1.12 bits per heavy atom. The maximum absolute atomic E-state index is 12.9. The normalized spacial score (nSPS) is 12.5. The van der Waals surface area contributed by atoms with E-state index in [2.05, 4.69) is 16.6 Å². The van der Waals surface area contributed by atoms with Gasteiger partial charge in [-0.05, 0) is 42.3 Å². The van der Waals surface area contributed by atoms with Gasteiger partial charge in [0.2, 0.25) is 5.91 Å². The van der Waals surface area contributed by atoms with Crippen molar-refractivity contribution in [3.8, 4) is 11.5 Å². The molecule has 0 bridgehead atoms. The third-order valence-corrected chi connectivity index (χ3v) is 5.93. The molecule has 2 aromatic rings. The molecule has 2 aromatic carbocycles. The second kappa shape index (κ2) is 10.2. The first kappa shape index (κ1) is 23.1. The summed E-state index contributed by atoms with van der Waals surface area (Å²) >= 11 is 0. The monoisotopic (exact) mass is 460 g/mol. The molecule has 1 heterocycles. The van der Waals surface area contributed by atoms with E-state index < -0.39 is 16.0 Å². The van der Waals surface area contributed by atoms with Crippen molar-refractivity contribution in [3.05, 3.63) is 60.2 Å². The zero-order chi connectivity index (χ0) is 23.1. The number of nitrogens with one attached hydrogen (secondary N) is 2. The fraction of sp³-hybridized carbons (Fsp3) is 0.273. The van der Waals surface area contributed by atoms with E-state index in [1.54, 1.807) is 6.08 Å². The maximum Gasteiger partial charge on any atom is 0.337 e. The maximum atomic E-state index is 12.9. The van der Waals surface area contributed by atoms with E-state index in [9.17, 15) is 18.0 Å². The predicted molar refractivity (Wildman–Crippen MR) is 117 cm³/mol. The SMILES string of the molecule is C=CCCC(=O)NCc1cc(NS(=O)(=O)c2ccc3c(c2)OCCO3)cc(C(=O)OC)c1. The standard InChI is InChI=1S/C22H24N2O7S/c1-3-4-5-21(25)23-14-15-10-16(22(26)29-2)12-17(11-15)24-32(27,28)18-6-7-19-20(13-18)31-9-8-30-19/h3,6-7,10-13,24H,1,4-5,8-9,14H2,2H3,(H,23,25). The number of rotatable bonds is 9. The molecule has 10 heteroatoms. The van der Waals surface area contributed by atoms with Gasteiger partial charge in [0.1, 0.15) is 13.2 Å². The minimum Gasteiger partial charge on any atom is -0.486 e. The van der Waals surface area contributed by atoms with Gasteiger partial charge in [0.15, 0.2) is 11.5 Å². The van der Waals surface area contributed by atoms with Crippen LogP contribution in [-0.4, -0.2) is 40.6 Å². The van der Waals surface area contributed by atoms with Crippen molar-refractivity contribution in [2.24, 2.45) is 0 Å². The van der Waals surface area contributed by atoms with E-state index in [-0.39, 0.29) is 35.0 Å². The summed E-state index contributed by atoms with van der Waals surface area (Å²) in [6, 6.07) is 8.74. The lowest BCUT2D eigenvalue weighted by atomic mass is 10.1. The van der Waals surface area contributed by atoms with Crippen molar-refractivity contribution in [1.82, 2.24) is 5.32 Å². The summed E-state index contributed by atoms with van der Waals surface area (Å²) in [7, 11) is -2.76. The summed E-state index contributed by atoms with van der Waals surface area (Å²) in [6.45, 7) is 4.40. The van der Waals surface area contributed by atoms with Crippen LogP contribution in [0, 0.1) is 0 Å². The molecule has 0 atom stereocenters. The predicted octanol–water partition coefficient (Wildman–Crippen LogP) is 2.63. The van der Waals surface area contributed by atoms with E-state index in [0.29, 0.717) is 36.7 Å². The van der Waals surface area contributed by atoms with Crippen LogP contribution in [0.3, 0.4) is 0 Å². The van der Waals surface area contributed by atoms with Crippen LogP contribution in [-0.2, 0) is 26.1 Å². The Hall–Kier alpha value is -3.53. The second-order valence-corrected chi connectivity index (χ2v) is 8.61. The molecular formula is C22H24N2O7S. The molecule has 32 heavy (non-hydrogen) atoms. The molecule has 0 radical (unpaired) electrons. The van der Waals surface area contributed by atoms with Gasteiger partial charge in [-0.15, -0.1) is 6.58 Å². The van der Waals surface area contributed by atoms with E-state index in [1.165, 1.54) is 43.5 Å². The van der Waals surface area contributed by atoms with Crippen LogP contribution in [0.25, 0.3) is 0 Å². The quantitative estimate of drug-likeness (QED) is 0.436. The molecule has 3 rings (SSSR count). The van der Waals surface area contributed by atoms with Crippen LogP contribution >= 0.6 is 0 Å². The topological polar surface area (TPSA) is 120 Å².